The van der Waals surface area contributed by atoms with Crippen LogP contribution in [0.15, 0.2) is 24.4 Å². The number of carbonyl (C=O) groups excluding carboxylic acids is 2. The topological polar surface area (TPSA) is 118 Å². The van der Waals surface area contributed by atoms with Crippen molar-refractivity contribution in [3.05, 3.63) is 41.5 Å². The Morgan fingerprint density at radius 2 is 2.00 bits per heavy atom. The number of fused-ring (bicyclic) bond motifs is 1. The molecule has 0 saturated heterocycles. The van der Waals surface area contributed by atoms with Gasteiger partial charge < -0.3 is 15.6 Å². The summed E-state index contributed by atoms with van der Waals surface area (Å²) in [5.74, 6) is 0.277. The SMILES string of the molecule is O=C(CCC(F)(F)F)NCc1ccc2nc(CNC(=O)c3cnn(CCC4CC4)n3)[nH]c2c1. The molecule has 0 radical (unpaired) electrons. The molecule has 0 spiro atoms. The molecule has 2 amide bonds. The van der Waals surface area contributed by atoms with Crippen molar-refractivity contribution in [3.8, 4) is 0 Å². The number of aromatic amines is 1. The average Bonchev–Trinajstić information content (AvgIpc) is 3.32. The molecular weight excluding hydrogens is 439 g/mol. The molecule has 9 nitrogen and oxygen atoms in total. The van der Waals surface area contributed by atoms with Gasteiger partial charge in [0.2, 0.25) is 5.91 Å². The van der Waals surface area contributed by atoms with Gasteiger partial charge in [0.15, 0.2) is 5.69 Å². The molecule has 176 valence electrons. The van der Waals surface area contributed by atoms with E-state index in [2.05, 4.69) is 30.8 Å². The van der Waals surface area contributed by atoms with Gasteiger partial charge in [0.25, 0.3) is 5.91 Å². The predicted molar refractivity (Wildman–Crippen MR) is 112 cm³/mol. The lowest BCUT2D eigenvalue weighted by Gasteiger charge is -2.07. The van der Waals surface area contributed by atoms with E-state index in [0.29, 0.717) is 29.0 Å². The first-order chi connectivity index (χ1) is 15.7. The van der Waals surface area contributed by atoms with Crippen LogP contribution in [0.5, 0.6) is 0 Å². The fraction of sp³-hybridized carbons (Fsp3) is 0.476. The second-order valence-corrected chi connectivity index (χ2v) is 8.17. The summed E-state index contributed by atoms with van der Waals surface area (Å²) in [6, 6.07) is 5.22. The number of nitrogens with zero attached hydrogens (tertiary/aromatic N) is 4. The van der Waals surface area contributed by atoms with Crippen molar-refractivity contribution in [1.29, 1.82) is 0 Å². The van der Waals surface area contributed by atoms with Crippen LogP contribution in [0.1, 0.15) is 54.0 Å². The quantitative estimate of drug-likeness (QED) is 0.427. The normalized spacial score (nSPS) is 13.9. The van der Waals surface area contributed by atoms with Gasteiger partial charge in [-0.05, 0) is 30.0 Å². The zero-order chi connectivity index (χ0) is 23.4. The third-order valence-electron chi connectivity index (χ3n) is 5.34. The maximum absolute atomic E-state index is 12.3. The Balaban J connectivity index is 1.27. The highest BCUT2D eigenvalue weighted by Gasteiger charge is 2.27. The van der Waals surface area contributed by atoms with Crippen LogP contribution in [0.4, 0.5) is 13.2 Å². The van der Waals surface area contributed by atoms with Crippen molar-refractivity contribution in [2.45, 2.75) is 57.9 Å². The van der Waals surface area contributed by atoms with Crippen molar-refractivity contribution in [1.82, 2.24) is 35.6 Å². The number of H-pyrrole nitrogens is 1. The number of benzene rings is 1. The van der Waals surface area contributed by atoms with Gasteiger partial charge in [-0.15, -0.1) is 5.10 Å². The Kier molecular flexibility index (Phi) is 6.61. The van der Waals surface area contributed by atoms with Gasteiger partial charge >= 0.3 is 6.18 Å². The summed E-state index contributed by atoms with van der Waals surface area (Å²) in [5.41, 5.74) is 2.31. The summed E-state index contributed by atoms with van der Waals surface area (Å²) < 4.78 is 36.6. The summed E-state index contributed by atoms with van der Waals surface area (Å²) in [6.45, 7) is 0.965. The molecule has 1 aliphatic rings. The van der Waals surface area contributed by atoms with Crippen LogP contribution in [-0.4, -0.2) is 43.0 Å². The first-order valence-corrected chi connectivity index (χ1v) is 10.7. The van der Waals surface area contributed by atoms with E-state index in [0.717, 1.165) is 12.3 Å². The van der Waals surface area contributed by atoms with E-state index in [1.807, 2.05) is 0 Å². The third-order valence-corrected chi connectivity index (χ3v) is 5.34. The molecule has 1 aromatic carbocycles. The highest BCUT2D eigenvalue weighted by atomic mass is 19.4. The molecule has 3 N–H and O–H groups in total. The van der Waals surface area contributed by atoms with Crippen LogP contribution >= 0.6 is 0 Å². The standard InChI is InChI=1S/C21H24F3N7O2/c22-21(23,24)7-5-19(32)25-10-14-3-4-15-16(9-14)29-18(28-15)12-26-20(33)17-11-27-31(30-17)8-6-13-1-2-13/h3-4,9,11,13H,1-2,5-8,10,12H2,(H,25,32)(H,26,33)(H,28,29). The van der Waals surface area contributed by atoms with Crippen molar-refractivity contribution >= 4 is 22.8 Å². The van der Waals surface area contributed by atoms with Gasteiger partial charge in [-0.3, -0.25) is 9.59 Å². The molecule has 33 heavy (non-hydrogen) atoms. The number of aromatic nitrogens is 5. The second-order valence-electron chi connectivity index (χ2n) is 8.17. The highest BCUT2D eigenvalue weighted by Crippen LogP contribution is 2.32. The van der Waals surface area contributed by atoms with Crippen molar-refractivity contribution in [2.24, 2.45) is 5.92 Å². The molecule has 12 heteroatoms. The van der Waals surface area contributed by atoms with Gasteiger partial charge in [-0.25, -0.2) is 4.98 Å². The summed E-state index contributed by atoms with van der Waals surface area (Å²) >= 11 is 0. The molecule has 0 atom stereocenters. The van der Waals surface area contributed by atoms with E-state index in [4.69, 9.17) is 0 Å². The predicted octanol–water partition coefficient (Wildman–Crippen LogP) is 2.84. The summed E-state index contributed by atoms with van der Waals surface area (Å²) in [6.07, 6.45) is -1.14. The first kappa shape index (κ1) is 22.7. The number of aryl methyl sites for hydroxylation is 1. The van der Waals surface area contributed by atoms with Crippen LogP contribution in [-0.2, 0) is 24.4 Å². The minimum atomic E-state index is -4.36. The molecule has 3 aromatic rings. The molecule has 2 aromatic heterocycles. The molecule has 1 fully saturated rings. The van der Waals surface area contributed by atoms with Crippen molar-refractivity contribution in [3.63, 3.8) is 0 Å². The van der Waals surface area contributed by atoms with Crippen LogP contribution in [0, 0.1) is 5.92 Å². The van der Waals surface area contributed by atoms with Gasteiger partial charge in [0, 0.05) is 13.0 Å². The molecule has 0 unspecified atom stereocenters. The number of alkyl halides is 3. The fourth-order valence-corrected chi connectivity index (χ4v) is 3.32. The van der Waals surface area contributed by atoms with Crippen molar-refractivity contribution in [2.75, 3.05) is 0 Å². The maximum Gasteiger partial charge on any atom is 0.389 e. The fourth-order valence-electron chi connectivity index (χ4n) is 3.32. The zero-order valence-electron chi connectivity index (χ0n) is 17.8. The van der Waals surface area contributed by atoms with E-state index in [-0.39, 0.29) is 24.7 Å². The zero-order valence-corrected chi connectivity index (χ0v) is 17.8. The lowest BCUT2D eigenvalue weighted by molar-refractivity contribution is -0.144. The first-order valence-electron chi connectivity index (χ1n) is 10.7. The average molecular weight is 463 g/mol. The van der Waals surface area contributed by atoms with Crippen LogP contribution < -0.4 is 10.6 Å². The Labute approximate surface area is 187 Å². The number of hydrogen-bond acceptors (Lipinski definition) is 5. The molecule has 1 aliphatic carbocycles. The number of carbonyl (C=O) groups is 2. The van der Waals surface area contributed by atoms with Crippen molar-refractivity contribution < 1.29 is 22.8 Å². The van der Waals surface area contributed by atoms with E-state index in [1.165, 1.54) is 23.8 Å². The minimum Gasteiger partial charge on any atom is -0.352 e. The Morgan fingerprint density at radius 1 is 1.18 bits per heavy atom. The number of nitrogens with one attached hydrogen (secondary N) is 3. The Bertz CT molecular complexity index is 1130. The van der Waals surface area contributed by atoms with E-state index in [1.54, 1.807) is 18.2 Å². The molecule has 2 heterocycles. The number of halogens is 3. The van der Waals surface area contributed by atoms with Gasteiger partial charge in [-0.2, -0.15) is 23.1 Å². The molecule has 0 aliphatic heterocycles. The smallest absolute Gasteiger partial charge is 0.352 e. The lowest BCUT2D eigenvalue weighted by Crippen LogP contribution is -2.24. The summed E-state index contributed by atoms with van der Waals surface area (Å²) in [7, 11) is 0. The lowest BCUT2D eigenvalue weighted by atomic mass is 10.2. The number of imidazole rings is 1. The molecule has 4 rings (SSSR count). The summed E-state index contributed by atoms with van der Waals surface area (Å²) in [4.78, 5) is 33.0. The highest BCUT2D eigenvalue weighted by molar-refractivity contribution is 5.91. The molecular formula is C21H24F3N7O2. The van der Waals surface area contributed by atoms with Gasteiger partial charge in [0.1, 0.15) is 5.82 Å². The Morgan fingerprint density at radius 3 is 2.76 bits per heavy atom. The van der Waals surface area contributed by atoms with Gasteiger partial charge in [0.05, 0.1) is 36.7 Å². The van der Waals surface area contributed by atoms with E-state index in [9.17, 15) is 22.8 Å². The van der Waals surface area contributed by atoms with Gasteiger partial charge in [-0.1, -0.05) is 18.9 Å². The molecule has 1 saturated carbocycles. The summed E-state index contributed by atoms with van der Waals surface area (Å²) in [5, 5.41) is 13.6. The maximum atomic E-state index is 12.3. The van der Waals surface area contributed by atoms with Crippen LogP contribution in [0.25, 0.3) is 11.0 Å². The Hall–Kier alpha value is -3.44. The largest absolute Gasteiger partial charge is 0.389 e. The van der Waals surface area contributed by atoms with Crippen LogP contribution in [0.3, 0.4) is 0 Å². The monoisotopic (exact) mass is 463 g/mol. The third kappa shape index (κ3) is 6.77. The minimum absolute atomic E-state index is 0.105. The van der Waals surface area contributed by atoms with E-state index < -0.39 is 24.9 Å². The number of amides is 2. The number of rotatable bonds is 10. The second kappa shape index (κ2) is 9.59. The number of hydrogen-bond donors (Lipinski definition) is 3. The molecule has 0 bridgehead atoms. The van der Waals surface area contributed by atoms with Crippen LogP contribution in [0.2, 0.25) is 0 Å². The van der Waals surface area contributed by atoms with E-state index >= 15 is 0 Å².